The van der Waals surface area contributed by atoms with Crippen molar-refractivity contribution in [3.05, 3.63) is 70.8 Å². The second kappa shape index (κ2) is 6.06. The van der Waals surface area contributed by atoms with E-state index in [2.05, 4.69) is 62.4 Å². The standard InChI is InChI=1S/C17H19Cl/c1-3-14-9-6-7-11-16(14)17(18)12-15-10-5-4-8-13(15)2/h4-11,17H,3,12H2,1-2H3. The van der Waals surface area contributed by atoms with Crippen molar-refractivity contribution in [2.45, 2.75) is 32.1 Å². The third-order valence-electron chi connectivity index (χ3n) is 3.43. The van der Waals surface area contributed by atoms with E-state index in [9.17, 15) is 0 Å². The third kappa shape index (κ3) is 2.94. The summed E-state index contributed by atoms with van der Waals surface area (Å²) in [4.78, 5) is 0. The van der Waals surface area contributed by atoms with Crippen LogP contribution < -0.4 is 0 Å². The number of hydrogen-bond donors (Lipinski definition) is 0. The van der Waals surface area contributed by atoms with E-state index < -0.39 is 0 Å². The second-order valence-electron chi connectivity index (χ2n) is 4.65. The molecule has 0 aromatic heterocycles. The Bertz CT molecular complexity index is 517. The zero-order chi connectivity index (χ0) is 13.0. The van der Waals surface area contributed by atoms with Crippen LogP contribution in [0.15, 0.2) is 48.5 Å². The summed E-state index contributed by atoms with van der Waals surface area (Å²) in [6.45, 7) is 4.32. The maximum Gasteiger partial charge on any atom is 0.0628 e. The Balaban J connectivity index is 2.22. The minimum Gasteiger partial charge on any atom is -0.117 e. The molecule has 0 saturated carbocycles. The van der Waals surface area contributed by atoms with Crippen molar-refractivity contribution in [2.75, 3.05) is 0 Å². The average molecular weight is 259 g/mol. The third-order valence-corrected chi connectivity index (χ3v) is 3.82. The largest absolute Gasteiger partial charge is 0.117 e. The van der Waals surface area contributed by atoms with Crippen molar-refractivity contribution in [1.29, 1.82) is 0 Å². The van der Waals surface area contributed by atoms with Crippen LogP contribution in [0.1, 0.15) is 34.6 Å². The molecule has 1 atom stereocenters. The number of alkyl halides is 1. The molecule has 0 aliphatic rings. The molecule has 1 unspecified atom stereocenters. The molecular formula is C17H19Cl. The minimum atomic E-state index is 0.0576. The first-order chi connectivity index (χ1) is 8.72. The van der Waals surface area contributed by atoms with Crippen molar-refractivity contribution in [2.24, 2.45) is 0 Å². The lowest BCUT2D eigenvalue weighted by atomic mass is 9.96. The molecule has 18 heavy (non-hydrogen) atoms. The number of halogens is 1. The summed E-state index contributed by atoms with van der Waals surface area (Å²) in [5.41, 5.74) is 5.27. The van der Waals surface area contributed by atoms with E-state index >= 15 is 0 Å². The fraction of sp³-hybridized carbons (Fsp3) is 0.294. The molecule has 0 nitrogen and oxygen atoms in total. The summed E-state index contributed by atoms with van der Waals surface area (Å²) < 4.78 is 0. The summed E-state index contributed by atoms with van der Waals surface area (Å²) in [6.07, 6.45) is 1.93. The maximum atomic E-state index is 6.60. The summed E-state index contributed by atoms with van der Waals surface area (Å²) >= 11 is 6.60. The lowest BCUT2D eigenvalue weighted by Crippen LogP contribution is -2.01. The van der Waals surface area contributed by atoms with Gasteiger partial charge in [-0.3, -0.25) is 0 Å². The van der Waals surface area contributed by atoms with Crippen molar-refractivity contribution in [1.82, 2.24) is 0 Å². The van der Waals surface area contributed by atoms with Gasteiger partial charge in [0.15, 0.2) is 0 Å². The summed E-state index contributed by atoms with van der Waals surface area (Å²) in [7, 11) is 0. The molecule has 0 spiro atoms. The van der Waals surface area contributed by atoms with Crippen molar-refractivity contribution < 1.29 is 0 Å². The van der Waals surface area contributed by atoms with Gasteiger partial charge >= 0.3 is 0 Å². The van der Waals surface area contributed by atoms with Gasteiger partial charge in [-0.1, -0.05) is 55.5 Å². The molecule has 0 aliphatic heterocycles. The quantitative estimate of drug-likeness (QED) is 0.671. The van der Waals surface area contributed by atoms with Crippen molar-refractivity contribution >= 4 is 11.6 Å². The lowest BCUT2D eigenvalue weighted by Gasteiger charge is -2.15. The highest BCUT2D eigenvalue weighted by Crippen LogP contribution is 2.29. The first-order valence-corrected chi connectivity index (χ1v) is 6.92. The molecule has 0 aliphatic carbocycles. The molecule has 0 N–H and O–H groups in total. The summed E-state index contributed by atoms with van der Waals surface area (Å²) in [6, 6.07) is 16.9. The van der Waals surface area contributed by atoms with E-state index in [1.807, 2.05) is 0 Å². The van der Waals surface area contributed by atoms with Crippen LogP contribution >= 0.6 is 11.6 Å². The highest BCUT2D eigenvalue weighted by atomic mass is 35.5. The van der Waals surface area contributed by atoms with Crippen molar-refractivity contribution in [3.8, 4) is 0 Å². The molecule has 0 amide bonds. The highest BCUT2D eigenvalue weighted by molar-refractivity contribution is 6.21. The Morgan fingerprint density at radius 2 is 1.56 bits per heavy atom. The second-order valence-corrected chi connectivity index (χ2v) is 5.18. The fourth-order valence-electron chi connectivity index (χ4n) is 2.30. The predicted octanol–water partition coefficient (Wildman–Crippen LogP) is 5.08. The van der Waals surface area contributed by atoms with Gasteiger partial charge in [0.1, 0.15) is 0 Å². The van der Waals surface area contributed by atoms with Gasteiger partial charge in [0, 0.05) is 0 Å². The van der Waals surface area contributed by atoms with E-state index in [1.54, 1.807) is 0 Å². The average Bonchev–Trinajstić information content (AvgIpc) is 2.41. The van der Waals surface area contributed by atoms with Crippen molar-refractivity contribution in [3.63, 3.8) is 0 Å². The van der Waals surface area contributed by atoms with Crippen LogP contribution in [0.2, 0.25) is 0 Å². The molecule has 0 heterocycles. The number of hydrogen-bond acceptors (Lipinski definition) is 0. The van der Waals surface area contributed by atoms with E-state index in [4.69, 9.17) is 11.6 Å². The molecule has 0 radical (unpaired) electrons. The van der Waals surface area contributed by atoms with Crippen LogP contribution in [0.25, 0.3) is 0 Å². The molecular weight excluding hydrogens is 240 g/mol. The molecule has 0 saturated heterocycles. The summed E-state index contributed by atoms with van der Waals surface area (Å²) in [5.74, 6) is 0. The van der Waals surface area contributed by atoms with E-state index in [1.165, 1.54) is 22.3 Å². The van der Waals surface area contributed by atoms with Crippen LogP contribution in [0.3, 0.4) is 0 Å². The van der Waals surface area contributed by atoms with Gasteiger partial charge in [0.05, 0.1) is 5.38 Å². The molecule has 2 aromatic rings. The van der Waals surface area contributed by atoms with Gasteiger partial charge in [-0.25, -0.2) is 0 Å². The first kappa shape index (κ1) is 13.2. The molecule has 94 valence electrons. The Hall–Kier alpha value is -1.27. The Kier molecular flexibility index (Phi) is 4.43. The monoisotopic (exact) mass is 258 g/mol. The maximum absolute atomic E-state index is 6.60. The molecule has 2 rings (SSSR count). The van der Waals surface area contributed by atoms with E-state index in [0.29, 0.717) is 0 Å². The van der Waals surface area contributed by atoms with E-state index in [0.717, 1.165) is 12.8 Å². The van der Waals surface area contributed by atoms with Crippen LogP contribution in [-0.4, -0.2) is 0 Å². The minimum absolute atomic E-state index is 0.0576. The lowest BCUT2D eigenvalue weighted by molar-refractivity contribution is 0.888. The smallest absolute Gasteiger partial charge is 0.0628 e. The Morgan fingerprint density at radius 1 is 0.944 bits per heavy atom. The number of aryl methyl sites for hydroxylation is 2. The van der Waals surface area contributed by atoms with Crippen LogP contribution in [0.5, 0.6) is 0 Å². The zero-order valence-electron chi connectivity index (χ0n) is 11.0. The van der Waals surface area contributed by atoms with Gasteiger partial charge in [0.2, 0.25) is 0 Å². The van der Waals surface area contributed by atoms with E-state index in [-0.39, 0.29) is 5.38 Å². The zero-order valence-corrected chi connectivity index (χ0v) is 11.7. The molecule has 1 heteroatoms. The number of rotatable bonds is 4. The number of benzene rings is 2. The van der Waals surface area contributed by atoms with Gasteiger partial charge in [-0.2, -0.15) is 0 Å². The van der Waals surface area contributed by atoms with Crippen LogP contribution in [0, 0.1) is 6.92 Å². The molecule has 0 bridgehead atoms. The topological polar surface area (TPSA) is 0 Å². The summed E-state index contributed by atoms with van der Waals surface area (Å²) in [5, 5.41) is 0.0576. The fourth-order valence-corrected chi connectivity index (χ4v) is 2.68. The predicted molar refractivity (Wildman–Crippen MR) is 79.3 cm³/mol. The van der Waals surface area contributed by atoms with Gasteiger partial charge in [-0.05, 0) is 42.0 Å². The Labute approximate surface area is 115 Å². The van der Waals surface area contributed by atoms with Crippen LogP contribution in [-0.2, 0) is 12.8 Å². The normalized spacial score (nSPS) is 12.4. The van der Waals surface area contributed by atoms with Gasteiger partial charge < -0.3 is 0 Å². The Morgan fingerprint density at radius 3 is 2.22 bits per heavy atom. The van der Waals surface area contributed by atoms with Gasteiger partial charge in [-0.15, -0.1) is 11.6 Å². The van der Waals surface area contributed by atoms with Crippen LogP contribution in [0.4, 0.5) is 0 Å². The molecule has 0 fully saturated rings. The highest BCUT2D eigenvalue weighted by Gasteiger charge is 2.12. The SMILES string of the molecule is CCc1ccccc1C(Cl)Cc1ccccc1C. The van der Waals surface area contributed by atoms with Gasteiger partial charge in [0.25, 0.3) is 0 Å². The first-order valence-electron chi connectivity index (χ1n) is 6.48. The molecule has 2 aromatic carbocycles.